The van der Waals surface area contributed by atoms with Crippen LogP contribution in [0.25, 0.3) is 0 Å². The monoisotopic (exact) mass is 276 g/mol. The number of benzene rings is 1. The van der Waals surface area contributed by atoms with E-state index in [0.29, 0.717) is 19.4 Å². The molecule has 1 aliphatic rings. The number of nitrogens with two attached hydrogens (primary N) is 1. The van der Waals surface area contributed by atoms with Crippen LogP contribution in [0.15, 0.2) is 30.3 Å². The van der Waals surface area contributed by atoms with E-state index in [1.165, 1.54) is 4.90 Å². The molecule has 1 atom stereocenters. The Morgan fingerprint density at radius 3 is 2.60 bits per heavy atom. The zero-order valence-electron chi connectivity index (χ0n) is 11.4. The van der Waals surface area contributed by atoms with Crippen molar-refractivity contribution in [3.05, 3.63) is 35.9 Å². The van der Waals surface area contributed by atoms with Crippen molar-refractivity contribution in [3.8, 4) is 0 Å². The van der Waals surface area contributed by atoms with Crippen molar-refractivity contribution in [2.45, 2.75) is 37.8 Å². The largest absolute Gasteiger partial charge is 0.365 e. The number of aryl methyl sites for hydroxylation is 1. The van der Waals surface area contributed by atoms with Gasteiger partial charge in [-0.3, -0.25) is 9.59 Å². The third-order valence-electron chi connectivity index (χ3n) is 3.77. The van der Waals surface area contributed by atoms with Crippen LogP contribution in [0.3, 0.4) is 0 Å². The summed E-state index contributed by atoms with van der Waals surface area (Å²) in [5, 5.41) is 10.3. The zero-order chi connectivity index (χ0) is 14.6. The van der Waals surface area contributed by atoms with Gasteiger partial charge >= 0.3 is 0 Å². The summed E-state index contributed by atoms with van der Waals surface area (Å²) in [6.07, 6.45) is 2.55. The van der Waals surface area contributed by atoms with E-state index in [0.717, 1.165) is 12.0 Å². The Balaban J connectivity index is 2.02. The molecule has 0 bridgehead atoms. The van der Waals surface area contributed by atoms with Gasteiger partial charge in [-0.05, 0) is 24.8 Å². The maximum absolute atomic E-state index is 12.2. The second-order valence-electron chi connectivity index (χ2n) is 5.17. The Morgan fingerprint density at radius 1 is 1.25 bits per heavy atom. The number of hydrogen-bond acceptors (Lipinski definition) is 3. The summed E-state index contributed by atoms with van der Waals surface area (Å²) in [6, 6.07) is 9.65. The molecule has 2 rings (SSSR count). The molecule has 1 fully saturated rings. The number of aliphatic hydroxyl groups is 1. The number of carbonyl (C=O) groups excluding carboxylic acids is 2. The molecule has 1 unspecified atom stereocenters. The predicted molar refractivity (Wildman–Crippen MR) is 74.5 cm³/mol. The molecule has 0 aliphatic carbocycles. The summed E-state index contributed by atoms with van der Waals surface area (Å²) >= 11 is 0. The zero-order valence-corrected chi connectivity index (χ0v) is 11.4. The van der Waals surface area contributed by atoms with Crippen LogP contribution in [-0.4, -0.2) is 34.1 Å². The van der Waals surface area contributed by atoms with E-state index in [1.807, 2.05) is 30.3 Å². The number of nitrogens with zero attached hydrogens (tertiary/aromatic N) is 1. The van der Waals surface area contributed by atoms with Crippen molar-refractivity contribution < 1.29 is 14.7 Å². The van der Waals surface area contributed by atoms with Gasteiger partial charge in [0.15, 0.2) is 0 Å². The van der Waals surface area contributed by atoms with Crippen LogP contribution in [0.4, 0.5) is 0 Å². The maximum atomic E-state index is 12.2. The Morgan fingerprint density at radius 2 is 1.95 bits per heavy atom. The standard InChI is InChI=1S/C15H20N2O3/c16-14(19)15(20)10-4-5-11-17(15)13(18)9-8-12-6-2-1-3-7-12/h1-3,6-7,20H,4-5,8-11H2,(H2,16,19). The summed E-state index contributed by atoms with van der Waals surface area (Å²) in [6.45, 7) is 0.382. The van der Waals surface area contributed by atoms with Gasteiger partial charge in [0.25, 0.3) is 5.91 Å². The van der Waals surface area contributed by atoms with Crippen molar-refractivity contribution in [2.24, 2.45) is 5.73 Å². The first-order valence-corrected chi connectivity index (χ1v) is 6.91. The quantitative estimate of drug-likeness (QED) is 0.853. The van der Waals surface area contributed by atoms with E-state index in [-0.39, 0.29) is 18.7 Å². The number of piperidine rings is 1. The molecular weight excluding hydrogens is 256 g/mol. The molecular formula is C15H20N2O3. The Hall–Kier alpha value is -1.88. The number of likely N-dealkylation sites (tertiary alicyclic amines) is 1. The van der Waals surface area contributed by atoms with Crippen molar-refractivity contribution in [1.82, 2.24) is 4.90 Å². The lowest BCUT2D eigenvalue weighted by Gasteiger charge is -2.40. The average Bonchev–Trinajstić information content (AvgIpc) is 2.46. The fourth-order valence-corrected chi connectivity index (χ4v) is 2.58. The van der Waals surface area contributed by atoms with E-state index < -0.39 is 11.6 Å². The van der Waals surface area contributed by atoms with E-state index in [1.54, 1.807) is 0 Å². The van der Waals surface area contributed by atoms with Crippen molar-refractivity contribution >= 4 is 11.8 Å². The molecule has 0 spiro atoms. The SMILES string of the molecule is NC(=O)C1(O)CCCCN1C(=O)CCc1ccccc1. The minimum absolute atomic E-state index is 0.222. The van der Waals surface area contributed by atoms with Gasteiger partial charge in [-0.25, -0.2) is 0 Å². The fraction of sp³-hybridized carbons (Fsp3) is 0.467. The van der Waals surface area contributed by atoms with Crippen LogP contribution in [0.1, 0.15) is 31.2 Å². The van der Waals surface area contributed by atoms with Gasteiger partial charge in [0.2, 0.25) is 11.6 Å². The molecule has 108 valence electrons. The molecule has 5 heteroatoms. The van der Waals surface area contributed by atoms with Gasteiger partial charge in [0.1, 0.15) is 0 Å². The molecule has 1 aromatic rings. The fourth-order valence-electron chi connectivity index (χ4n) is 2.58. The number of amides is 2. The topological polar surface area (TPSA) is 83.6 Å². The van der Waals surface area contributed by atoms with Crippen LogP contribution >= 0.6 is 0 Å². The highest BCUT2D eigenvalue weighted by atomic mass is 16.3. The Kier molecular flexibility index (Phi) is 4.39. The first-order chi connectivity index (χ1) is 9.54. The minimum Gasteiger partial charge on any atom is -0.365 e. The Labute approximate surface area is 118 Å². The van der Waals surface area contributed by atoms with Gasteiger partial charge in [-0.15, -0.1) is 0 Å². The highest BCUT2D eigenvalue weighted by Gasteiger charge is 2.44. The van der Waals surface area contributed by atoms with E-state index >= 15 is 0 Å². The smallest absolute Gasteiger partial charge is 0.270 e. The van der Waals surface area contributed by atoms with Gasteiger partial charge in [0, 0.05) is 19.4 Å². The molecule has 1 aromatic carbocycles. The number of carbonyl (C=O) groups is 2. The summed E-state index contributed by atoms with van der Waals surface area (Å²) in [5.41, 5.74) is 4.50. The first-order valence-electron chi connectivity index (χ1n) is 6.91. The normalized spacial score (nSPS) is 22.6. The number of rotatable bonds is 4. The molecule has 1 heterocycles. The van der Waals surface area contributed by atoms with Gasteiger partial charge < -0.3 is 15.7 Å². The van der Waals surface area contributed by atoms with Crippen molar-refractivity contribution in [1.29, 1.82) is 0 Å². The summed E-state index contributed by atoms with van der Waals surface area (Å²) in [7, 11) is 0. The van der Waals surface area contributed by atoms with Crippen LogP contribution in [0.2, 0.25) is 0 Å². The molecule has 0 aromatic heterocycles. The van der Waals surface area contributed by atoms with Crippen molar-refractivity contribution in [2.75, 3.05) is 6.54 Å². The number of primary amides is 1. The molecule has 2 amide bonds. The van der Waals surface area contributed by atoms with Crippen molar-refractivity contribution in [3.63, 3.8) is 0 Å². The maximum Gasteiger partial charge on any atom is 0.270 e. The van der Waals surface area contributed by atoms with Gasteiger partial charge in [0.05, 0.1) is 0 Å². The molecule has 0 radical (unpaired) electrons. The summed E-state index contributed by atoms with van der Waals surface area (Å²) in [4.78, 5) is 24.9. The van der Waals surface area contributed by atoms with Crippen LogP contribution in [0, 0.1) is 0 Å². The lowest BCUT2D eigenvalue weighted by molar-refractivity contribution is -0.179. The Bertz CT molecular complexity index is 489. The molecule has 1 aliphatic heterocycles. The first kappa shape index (κ1) is 14.5. The molecule has 5 nitrogen and oxygen atoms in total. The predicted octanol–water partition coefficient (Wildman–Crippen LogP) is 0.806. The third kappa shape index (κ3) is 2.99. The molecule has 0 saturated carbocycles. The molecule has 20 heavy (non-hydrogen) atoms. The van der Waals surface area contributed by atoms with E-state index in [9.17, 15) is 14.7 Å². The number of hydrogen-bond donors (Lipinski definition) is 2. The lowest BCUT2D eigenvalue weighted by Crippen LogP contribution is -2.61. The second-order valence-corrected chi connectivity index (χ2v) is 5.17. The summed E-state index contributed by atoms with van der Waals surface area (Å²) in [5.74, 6) is -1.07. The van der Waals surface area contributed by atoms with Gasteiger partial charge in [-0.2, -0.15) is 0 Å². The van der Waals surface area contributed by atoms with Gasteiger partial charge in [-0.1, -0.05) is 30.3 Å². The lowest BCUT2D eigenvalue weighted by atomic mass is 9.96. The third-order valence-corrected chi connectivity index (χ3v) is 3.77. The van der Waals surface area contributed by atoms with Crippen LogP contribution in [-0.2, 0) is 16.0 Å². The van der Waals surface area contributed by atoms with E-state index in [2.05, 4.69) is 0 Å². The summed E-state index contributed by atoms with van der Waals surface area (Å²) < 4.78 is 0. The average molecular weight is 276 g/mol. The molecule has 3 N–H and O–H groups in total. The second kappa shape index (κ2) is 6.05. The minimum atomic E-state index is -1.81. The van der Waals surface area contributed by atoms with Crippen LogP contribution < -0.4 is 5.73 Å². The highest BCUT2D eigenvalue weighted by Crippen LogP contribution is 2.26. The van der Waals surface area contributed by atoms with Crippen LogP contribution in [0.5, 0.6) is 0 Å². The molecule has 1 saturated heterocycles. The van der Waals surface area contributed by atoms with E-state index in [4.69, 9.17) is 5.73 Å². The highest BCUT2D eigenvalue weighted by molar-refractivity contribution is 5.89.